The molecule has 0 unspecified atom stereocenters. The maximum absolute atomic E-state index is 12.9. The lowest BCUT2D eigenvalue weighted by Gasteiger charge is -2.34. The number of nitrogens with one attached hydrogen (secondary N) is 1. The second-order valence-electron chi connectivity index (χ2n) is 7.37. The summed E-state index contributed by atoms with van der Waals surface area (Å²) < 4.78 is 1.58. The third-order valence-electron chi connectivity index (χ3n) is 5.09. The summed E-state index contributed by atoms with van der Waals surface area (Å²) in [7, 11) is 0. The molecule has 1 aliphatic rings. The second kappa shape index (κ2) is 9.52. The molecule has 0 spiro atoms. The maximum Gasteiger partial charge on any atom is 0.263 e. The molecule has 1 aromatic heterocycles. The topological polar surface area (TPSA) is 74.7 Å². The standard InChI is InChI=1S/C22H28N4O3/c1-3-23-20(27)16-24-10-12-25(13-11-24)21(28)19-8-5-9-26(22(19)29)15-18-7-4-6-17(2)14-18/h4-9,14H,3,10-13,15-16H2,1-2H3,(H,23,27). The average molecular weight is 396 g/mol. The van der Waals surface area contributed by atoms with E-state index in [1.165, 1.54) is 0 Å². The van der Waals surface area contributed by atoms with Crippen molar-refractivity contribution >= 4 is 11.8 Å². The fourth-order valence-corrected chi connectivity index (χ4v) is 3.57. The van der Waals surface area contributed by atoms with Gasteiger partial charge in [0, 0.05) is 38.9 Å². The van der Waals surface area contributed by atoms with Crippen LogP contribution in [-0.2, 0) is 11.3 Å². The first-order valence-electron chi connectivity index (χ1n) is 10.0. The minimum absolute atomic E-state index is 0.00521. The summed E-state index contributed by atoms with van der Waals surface area (Å²) >= 11 is 0. The van der Waals surface area contributed by atoms with Crippen molar-refractivity contribution in [2.45, 2.75) is 20.4 Å². The van der Waals surface area contributed by atoms with Crippen molar-refractivity contribution in [2.24, 2.45) is 0 Å². The molecule has 1 saturated heterocycles. The van der Waals surface area contributed by atoms with Crippen LogP contribution in [0.15, 0.2) is 47.4 Å². The van der Waals surface area contributed by atoms with Gasteiger partial charge < -0.3 is 14.8 Å². The van der Waals surface area contributed by atoms with Crippen LogP contribution in [0.5, 0.6) is 0 Å². The molecule has 3 rings (SSSR count). The highest BCUT2D eigenvalue weighted by molar-refractivity contribution is 5.94. The lowest BCUT2D eigenvalue weighted by molar-refractivity contribution is -0.122. The van der Waals surface area contributed by atoms with E-state index in [1.807, 2.05) is 43.0 Å². The van der Waals surface area contributed by atoms with Crippen LogP contribution < -0.4 is 10.9 Å². The van der Waals surface area contributed by atoms with Gasteiger partial charge >= 0.3 is 0 Å². The van der Waals surface area contributed by atoms with Gasteiger partial charge in [-0.05, 0) is 31.5 Å². The monoisotopic (exact) mass is 396 g/mol. The van der Waals surface area contributed by atoms with Gasteiger partial charge in [-0.15, -0.1) is 0 Å². The molecule has 2 aromatic rings. The van der Waals surface area contributed by atoms with Crippen LogP contribution in [-0.4, -0.2) is 65.4 Å². The molecule has 0 atom stereocenters. The van der Waals surface area contributed by atoms with Gasteiger partial charge in [0.1, 0.15) is 5.56 Å². The van der Waals surface area contributed by atoms with Crippen molar-refractivity contribution < 1.29 is 9.59 Å². The van der Waals surface area contributed by atoms with Crippen LogP contribution in [0.25, 0.3) is 0 Å². The number of hydrogen-bond acceptors (Lipinski definition) is 4. The van der Waals surface area contributed by atoms with Gasteiger partial charge in [0.2, 0.25) is 5.91 Å². The molecular formula is C22H28N4O3. The molecule has 0 radical (unpaired) electrons. The first kappa shape index (κ1) is 20.8. The summed E-state index contributed by atoms with van der Waals surface area (Å²) in [5.41, 5.74) is 2.07. The highest BCUT2D eigenvalue weighted by atomic mass is 16.2. The zero-order valence-corrected chi connectivity index (χ0v) is 17.1. The summed E-state index contributed by atoms with van der Waals surface area (Å²) in [6.45, 7) is 7.53. The number of amides is 2. The largest absolute Gasteiger partial charge is 0.355 e. The van der Waals surface area contributed by atoms with Crippen LogP contribution in [0.3, 0.4) is 0 Å². The minimum atomic E-state index is -0.274. The number of piperazine rings is 1. The number of hydrogen-bond donors (Lipinski definition) is 1. The van der Waals surface area contributed by atoms with Crippen LogP contribution in [0, 0.1) is 6.92 Å². The number of carbonyl (C=O) groups excluding carboxylic acids is 2. The van der Waals surface area contributed by atoms with Crippen molar-refractivity contribution in [1.29, 1.82) is 0 Å². The first-order valence-corrected chi connectivity index (χ1v) is 10.0. The Hall–Kier alpha value is -2.93. The lowest BCUT2D eigenvalue weighted by atomic mass is 10.1. The van der Waals surface area contributed by atoms with Gasteiger partial charge in [0.15, 0.2) is 0 Å². The fourth-order valence-electron chi connectivity index (χ4n) is 3.57. The zero-order chi connectivity index (χ0) is 20.8. The third-order valence-corrected chi connectivity index (χ3v) is 5.09. The summed E-state index contributed by atoms with van der Waals surface area (Å²) in [5.74, 6) is -0.249. The minimum Gasteiger partial charge on any atom is -0.355 e. The number of benzene rings is 1. The number of nitrogens with zero attached hydrogens (tertiary/aromatic N) is 3. The predicted octanol–water partition coefficient (Wildman–Crippen LogP) is 1.10. The summed E-state index contributed by atoms with van der Waals surface area (Å²) in [6, 6.07) is 11.3. The van der Waals surface area contributed by atoms with Crippen LogP contribution in [0.2, 0.25) is 0 Å². The Kier molecular flexibility index (Phi) is 6.82. The molecule has 7 nitrogen and oxygen atoms in total. The number of aromatic nitrogens is 1. The Labute approximate surface area is 170 Å². The zero-order valence-electron chi connectivity index (χ0n) is 17.1. The third kappa shape index (κ3) is 5.32. The van der Waals surface area contributed by atoms with Gasteiger partial charge in [-0.25, -0.2) is 0 Å². The van der Waals surface area contributed by atoms with Gasteiger partial charge in [0.25, 0.3) is 11.5 Å². The average Bonchev–Trinajstić information content (AvgIpc) is 2.70. The van der Waals surface area contributed by atoms with E-state index in [4.69, 9.17) is 0 Å². The van der Waals surface area contributed by atoms with Gasteiger partial charge in [-0.1, -0.05) is 29.8 Å². The maximum atomic E-state index is 12.9. The van der Waals surface area contributed by atoms with Gasteiger partial charge in [-0.2, -0.15) is 0 Å². The lowest BCUT2D eigenvalue weighted by Crippen LogP contribution is -2.51. The molecule has 1 aromatic carbocycles. The summed E-state index contributed by atoms with van der Waals surface area (Å²) in [4.78, 5) is 41.2. The van der Waals surface area contributed by atoms with Crippen LogP contribution in [0.4, 0.5) is 0 Å². The number of pyridine rings is 1. The van der Waals surface area contributed by atoms with E-state index in [0.29, 0.717) is 45.8 Å². The Morgan fingerprint density at radius 3 is 2.52 bits per heavy atom. The smallest absolute Gasteiger partial charge is 0.263 e. The highest BCUT2D eigenvalue weighted by Gasteiger charge is 2.25. The Balaban J connectivity index is 1.66. The van der Waals surface area contributed by atoms with E-state index in [2.05, 4.69) is 5.32 Å². The van der Waals surface area contributed by atoms with Gasteiger partial charge in [-0.3, -0.25) is 19.3 Å². The van der Waals surface area contributed by atoms with E-state index < -0.39 is 0 Å². The highest BCUT2D eigenvalue weighted by Crippen LogP contribution is 2.08. The van der Waals surface area contributed by atoms with Gasteiger partial charge in [0.05, 0.1) is 13.1 Å². The Morgan fingerprint density at radius 2 is 1.83 bits per heavy atom. The normalized spacial score (nSPS) is 14.6. The molecule has 1 N–H and O–H groups in total. The van der Waals surface area contributed by atoms with Crippen molar-refractivity contribution in [2.75, 3.05) is 39.3 Å². The SMILES string of the molecule is CCNC(=O)CN1CCN(C(=O)c2cccn(Cc3cccc(C)c3)c2=O)CC1. The number of carbonyl (C=O) groups is 2. The second-order valence-corrected chi connectivity index (χ2v) is 7.37. The van der Waals surface area contributed by atoms with E-state index in [0.717, 1.165) is 11.1 Å². The molecule has 0 saturated carbocycles. The number of aryl methyl sites for hydroxylation is 1. The van der Waals surface area contributed by atoms with E-state index in [-0.39, 0.29) is 22.9 Å². The quantitative estimate of drug-likeness (QED) is 0.794. The predicted molar refractivity (Wildman–Crippen MR) is 112 cm³/mol. The summed E-state index contributed by atoms with van der Waals surface area (Å²) in [5, 5.41) is 2.78. The van der Waals surface area contributed by atoms with Crippen molar-refractivity contribution in [3.05, 3.63) is 69.6 Å². The fraction of sp³-hybridized carbons (Fsp3) is 0.409. The molecule has 2 heterocycles. The van der Waals surface area contributed by atoms with E-state index in [1.54, 1.807) is 27.8 Å². The number of rotatable bonds is 6. The molecule has 1 aliphatic heterocycles. The Bertz CT molecular complexity index is 930. The molecule has 0 aliphatic carbocycles. The number of likely N-dealkylation sites (N-methyl/N-ethyl adjacent to an activating group) is 1. The van der Waals surface area contributed by atoms with E-state index >= 15 is 0 Å². The summed E-state index contributed by atoms with van der Waals surface area (Å²) in [6.07, 6.45) is 1.71. The molecule has 29 heavy (non-hydrogen) atoms. The molecule has 2 amide bonds. The van der Waals surface area contributed by atoms with Crippen molar-refractivity contribution in [3.8, 4) is 0 Å². The van der Waals surface area contributed by atoms with E-state index in [9.17, 15) is 14.4 Å². The molecule has 7 heteroatoms. The Morgan fingerprint density at radius 1 is 1.07 bits per heavy atom. The van der Waals surface area contributed by atoms with Crippen LogP contribution >= 0.6 is 0 Å². The molecule has 0 bridgehead atoms. The molecule has 1 fully saturated rings. The molecular weight excluding hydrogens is 368 g/mol. The first-order chi connectivity index (χ1) is 14.0. The van der Waals surface area contributed by atoms with Crippen molar-refractivity contribution in [3.63, 3.8) is 0 Å². The van der Waals surface area contributed by atoms with Crippen molar-refractivity contribution in [1.82, 2.24) is 19.7 Å². The molecule has 154 valence electrons. The van der Waals surface area contributed by atoms with Crippen LogP contribution in [0.1, 0.15) is 28.4 Å².